The van der Waals surface area contributed by atoms with Gasteiger partial charge in [-0.1, -0.05) is 66.6 Å². The van der Waals surface area contributed by atoms with Gasteiger partial charge in [-0.05, 0) is 47.0 Å². The second-order valence-corrected chi connectivity index (χ2v) is 7.90. The van der Waals surface area contributed by atoms with Crippen LogP contribution in [0.15, 0.2) is 97.2 Å². The van der Waals surface area contributed by atoms with Gasteiger partial charge >= 0.3 is 0 Å². The van der Waals surface area contributed by atoms with Crippen LogP contribution in [0.4, 0.5) is 0 Å². The minimum Gasteiger partial charge on any atom is -0.350 e. The van der Waals surface area contributed by atoms with Crippen molar-refractivity contribution < 1.29 is 0 Å². The van der Waals surface area contributed by atoms with Crippen molar-refractivity contribution in [2.45, 2.75) is 0 Å². The molecule has 0 aliphatic heterocycles. The fraction of sp³-hybridized carbons (Fsp3) is 0.0345. The van der Waals surface area contributed by atoms with Gasteiger partial charge in [0.25, 0.3) is 0 Å². The van der Waals surface area contributed by atoms with Crippen molar-refractivity contribution >= 4 is 32.7 Å². The zero-order valence-electron chi connectivity index (χ0n) is 17.6. The van der Waals surface area contributed by atoms with Gasteiger partial charge in [0, 0.05) is 35.3 Å². The Bertz CT molecular complexity index is 1680. The number of benzene rings is 4. The molecule has 0 N–H and O–H groups in total. The predicted octanol–water partition coefficient (Wildman–Crippen LogP) is 6.34. The summed E-state index contributed by atoms with van der Waals surface area (Å²) in [5.74, 6) is 6.58. The first kappa shape index (κ1) is 18.4. The first-order valence-electron chi connectivity index (χ1n) is 10.6. The number of fused-ring (bicyclic) bond motifs is 3. The van der Waals surface area contributed by atoms with Crippen LogP contribution in [-0.2, 0) is 7.05 Å². The summed E-state index contributed by atoms with van der Waals surface area (Å²) in [7, 11) is 2.06. The quantitative estimate of drug-likeness (QED) is 0.234. The second kappa shape index (κ2) is 7.37. The van der Waals surface area contributed by atoms with E-state index in [0.717, 1.165) is 49.5 Å². The lowest BCUT2D eigenvalue weighted by molar-refractivity contribution is 0.969. The van der Waals surface area contributed by atoms with Crippen molar-refractivity contribution in [1.29, 1.82) is 0 Å². The third-order valence-electron chi connectivity index (χ3n) is 5.78. The van der Waals surface area contributed by atoms with Crippen LogP contribution in [0.2, 0.25) is 0 Å². The molecule has 6 aromatic rings. The van der Waals surface area contributed by atoms with Crippen molar-refractivity contribution in [3.05, 3.63) is 108 Å². The molecule has 0 radical (unpaired) electrons. The summed E-state index contributed by atoms with van der Waals surface area (Å²) in [6.07, 6.45) is 2.12. The van der Waals surface area contributed by atoms with E-state index in [9.17, 15) is 0 Å². The van der Waals surface area contributed by atoms with Gasteiger partial charge in [0.1, 0.15) is 11.4 Å². The van der Waals surface area contributed by atoms with Crippen molar-refractivity contribution in [3.63, 3.8) is 0 Å². The third-order valence-corrected chi connectivity index (χ3v) is 5.78. The molecule has 3 nitrogen and oxygen atoms in total. The van der Waals surface area contributed by atoms with Crippen LogP contribution in [0.1, 0.15) is 11.3 Å². The lowest BCUT2D eigenvalue weighted by atomic mass is 10.1. The molecule has 3 heteroatoms. The summed E-state index contributed by atoms with van der Waals surface area (Å²) in [5.41, 5.74) is 6.38. The van der Waals surface area contributed by atoms with Crippen LogP contribution in [0.5, 0.6) is 0 Å². The maximum Gasteiger partial charge on any atom is 0.140 e. The fourth-order valence-corrected chi connectivity index (χ4v) is 4.20. The average molecular weight is 409 g/mol. The number of para-hydroxylation sites is 1. The Morgan fingerprint density at radius 3 is 2.12 bits per heavy atom. The molecule has 32 heavy (non-hydrogen) atoms. The Kier molecular flexibility index (Phi) is 4.23. The zero-order chi connectivity index (χ0) is 21.5. The summed E-state index contributed by atoms with van der Waals surface area (Å²) in [5, 5.41) is 3.45. The summed E-state index contributed by atoms with van der Waals surface area (Å²) in [4.78, 5) is 10.1. The maximum atomic E-state index is 5.09. The molecule has 0 fully saturated rings. The highest BCUT2D eigenvalue weighted by molar-refractivity contribution is 5.99. The average Bonchev–Trinajstić information content (AvgIpc) is 3.18. The lowest BCUT2D eigenvalue weighted by Gasteiger charge is -2.07. The Labute approximate surface area is 186 Å². The molecule has 0 bridgehead atoms. The highest BCUT2D eigenvalue weighted by Gasteiger charge is 2.15. The van der Waals surface area contributed by atoms with E-state index >= 15 is 0 Å². The number of rotatable bonds is 1. The van der Waals surface area contributed by atoms with Gasteiger partial charge in [-0.3, -0.25) is 0 Å². The molecule has 150 valence electrons. The molecule has 0 amide bonds. The number of hydrogen-bond donors (Lipinski definition) is 0. The second-order valence-electron chi connectivity index (χ2n) is 7.90. The number of nitrogens with zero attached hydrogens (tertiary/aromatic N) is 3. The monoisotopic (exact) mass is 409 g/mol. The summed E-state index contributed by atoms with van der Waals surface area (Å²) >= 11 is 0. The van der Waals surface area contributed by atoms with Gasteiger partial charge in [0.05, 0.1) is 11.0 Å². The molecule has 2 aromatic heterocycles. The summed E-state index contributed by atoms with van der Waals surface area (Å²) in [6.45, 7) is 0. The van der Waals surface area contributed by atoms with E-state index in [1.807, 2.05) is 42.5 Å². The smallest absolute Gasteiger partial charge is 0.140 e. The van der Waals surface area contributed by atoms with E-state index in [-0.39, 0.29) is 0 Å². The van der Waals surface area contributed by atoms with Gasteiger partial charge in [-0.25, -0.2) is 9.97 Å². The van der Waals surface area contributed by atoms with E-state index in [1.165, 1.54) is 0 Å². The van der Waals surface area contributed by atoms with Crippen molar-refractivity contribution in [3.8, 4) is 23.1 Å². The minimum absolute atomic E-state index is 0.688. The van der Waals surface area contributed by atoms with Gasteiger partial charge in [-0.15, -0.1) is 0 Å². The Hall–Kier alpha value is -4.42. The molecule has 0 unspecified atom stereocenters. The molecule has 0 saturated heterocycles. The third kappa shape index (κ3) is 3.10. The van der Waals surface area contributed by atoms with E-state index in [4.69, 9.17) is 9.97 Å². The molecular formula is C29H19N3. The molecule has 0 atom stereocenters. The van der Waals surface area contributed by atoms with E-state index in [0.29, 0.717) is 5.69 Å². The van der Waals surface area contributed by atoms with E-state index in [2.05, 4.69) is 78.2 Å². The fourth-order valence-electron chi connectivity index (χ4n) is 4.20. The van der Waals surface area contributed by atoms with Crippen LogP contribution in [-0.4, -0.2) is 14.5 Å². The molecule has 0 aliphatic rings. The standard InChI is InChI=1S/C29H19N3/c1-32-19-24(23-13-7-8-14-28(23)32)29-25(16-15-20-9-3-2-4-10-20)30-26-17-21-11-5-6-12-22(21)18-27(26)31-29/h2-14,17-19H,1H3. The Morgan fingerprint density at radius 1 is 0.688 bits per heavy atom. The van der Waals surface area contributed by atoms with Gasteiger partial charge < -0.3 is 4.57 Å². The van der Waals surface area contributed by atoms with Crippen LogP contribution in [0.25, 0.3) is 44.0 Å². The molecule has 4 aromatic carbocycles. The van der Waals surface area contributed by atoms with Crippen molar-refractivity contribution in [1.82, 2.24) is 14.5 Å². The van der Waals surface area contributed by atoms with Gasteiger partial charge in [0.2, 0.25) is 0 Å². The van der Waals surface area contributed by atoms with Crippen molar-refractivity contribution in [2.75, 3.05) is 0 Å². The highest BCUT2D eigenvalue weighted by atomic mass is 14.9. The normalized spacial score (nSPS) is 11.0. The molecule has 6 rings (SSSR count). The van der Waals surface area contributed by atoms with Crippen LogP contribution in [0.3, 0.4) is 0 Å². The first-order chi connectivity index (χ1) is 15.8. The molecular weight excluding hydrogens is 390 g/mol. The van der Waals surface area contributed by atoms with Crippen LogP contribution < -0.4 is 0 Å². The Balaban J connectivity index is 1.65. The topological polar surface area (TPSA) is 30.7 Å². The lowest BCUT2D eigenvalue weighted by Crippen LogP contribution is -1.96. The summed E-state index contributed by atoms with van der Waals surface area (Å²) in [6, 6.07) is 30.9. The molecule has 2 heterocycles. The van der Waals surface area contributed by atoms with Gasteiger partial charge in [-0.2, -0.15) is 0 Å². The van der Waals surface area contributed by atoms with E-state index in [1.54, 1.807) is 0 Å². The first-order valence-corrected chi connectivity index (χ1v) is 10.6. The van der Waals surface area contributed by atoms with Crippen LogP contribution >= 0.6 is 0 Å². The number of aryl methyl sites for hydroxylation is 1. The SMILES string of the molecule is Cn1cc(-c2nc3cc4ccccc4cc3nc2C#Cc2ccccc2)c2ccccc21. The maximum absolute atomic E-state index is 5.09. The zero-order valence-corrected chi connectivity index (χ0v) is 17.6. The van der Waals surface area contributed by atoms with Crippen LogP contribution in [0, 0.1) is 11.8 Å². The highest BCUT2D eigenvalue weighted by Crippen LogP contribution is 2.32. The largest absolute Gasteiger partial charge is 0.350 e. The Morgan fingerprint density at radius 2 is 1.34 bits per heavy atom. The molecule has 0 saturated carbocycles. The predicted molar refractivity (Wildman–Crippen MR) is 131 cm³/mol. The summed E-state index contributed by atoms with van der Waals surface area (Å²) < 4.78 is 2.13. The van der Waals surface area contributed by atoms with Crippen molar-refractivity contribution in [2.24, 2.45) is 7.05 Å². The number of hydrogen-bond acceptors (Lipinski definition) is 2. The van der Waals surface area contributed by atoms with E-state index < -0.39 is 0 Å². The molecule has 0 spiro atoms. The molecule has 0 aliphatic carbocycles. The number of aromatic nitrogens is 3. The van der Waals surface area contributed by atoms with Gasteiger partial charge in [0.15, 0.2) is 0 Å². The minimum atomic E-state index is 0.688.